The average molecular weight is 499 g/mol. The second-order valence-corrected chi connectivity index (χ2v) is 8.46. The van der Waals surface area contributed by atoms with Crippen molar-refractivity contribution in [3.05, 3.63) is 72.1 Å². The molecule has 10 nitrogen and oxygen atoms in total. The molecule has 1 aliphatic heterocycles. The van der Waals surface area contributed by atoms with Crippen molar-refractivity contribution in [3.8, 4) is 34.3 Å². The van der Waals surface area contributed by atoms with Crippen molar-refractivity contribution in [2.75, 3.05) is 25.1 Å². The lowest BCUT2D eigenvalue weighted by Crippen LogP contribution is -2.35. The highest BCUT2D eigenvalue weighted by atomic mass is 16.5. The number of anilines is 1. The summed E-state index contributed by atoms with van der Waals surface area (Å²) in [5.74, 6) is 0.962. The highest BCUT2D eigenvalue weighted by Crippen LogP contribution is 2.32. The van der Waals surface area contributed by atoms with E-state index < -0.39 is 0 Å². The normalized spacial score (nSPS) is 12.4. The molecule has 2 aromatic heterocycles. The molecule has 0 saturated heterocycles. The molecule has 37 heavy (non-hydrogen) atoms. The molecule has 1 aliphatic rings. The van der Waals surface area contributed by atoms with Gasteiger partial charge in [-0.1, -0.05) is 17.7 Å². The van der Waals surface area contributed by atoms with Gasteiger partial charge < -0.3 is 20.1 Å². The van der Waals surface area contributed by atoms with Gasteiger partial charge in [0.2, 0.25) is 0 Å². The van der Waals surface area contributed by atoms with Crippen LogP contribution >= 0.6 is 0 Å². The van der Waals surface area contributed by atoms with Gasteiger partial charge in [0.15, 0.2) is 23.9 Å². The van der Waals surface area contributed by atoms with E-state index in [1.54, 1.807) is 41.2 Å². The van der Waals surface area contributed by atoms with E-state index in [1.165, 1.54) is 0 Å². The van der Waals surface area contributed by atoms with Crippen molar-refractivity contribution in [1.82, 2.24) is 25.1 Å². The minimum atomic E-state index is -0.275. The number of benzene rings is 2. The van der Waals surface area contributed by atoms with Crippen molar-refractivity contribution >= 4 is 17.5 Å². The third-order valence-corrected chi connectivity index (χ3v) is 5.74. The number of aromatic nitrogens is 4. The SMILES string of the molecule is CCOc1cc(-c2nccc(-c3cc4n(n3)CCNC4=O)n2)ccc1OCC(=O)Nc1ccc(C)cc1. The van der Waals surface area contributed by atoms with Gasteiger partial charge in [0.05, 0.1) is 18.8 Å². The Morgan fingerprint density at radius 2 is 1.89 bits per heavy atom. The second-order valence-electron chi connectivity index (χ2n) is 8.46. The molecule has 5 rings (SSSR count). The van der Waals surface area contributed by atoms with Crippen LogP contribution in [0.5, 0.6) is 11.5 Å². The first-order valence-corrected chi connectivity index (χ1v) is 12.0. The predicted octanol–water partition coefficient (Wildman–Crippen LogP) is 3.48. The third-order valence-electron chi connectivity index (χ3n) is 5.74. The molecule has 0 radical (unpaired) electrons. The van der Waals surface area contributed by atoms with Crippen LogP contribution in [0.25, 0.3) is 22.8 Å². The first kappa shape index (κ1) is 24.0. The minimum Gasteiger partial charge on any atom is -0.490 e. The van der Waals surface area contributed by atoms with Crippen molar-refractivity contribution in [3.63, 3.8) is 0 Å². The smallest absolute Gasteiger partial charge is 0.269 e. The quantitative estimate of drug-likeness (QED) is 0.382. The molecule has 0 bridgehead atoms. The molecule has 0 unspecified atom stereocenters. The van der Waals surface area contributed by atoms with E-state index in [1.807, 2.05) is 38.1 Å². The number of hydrogen-bond donors (Lipinski definition) is 2. The highest BCUT2D eigenvalue weighted by Gasteiger charge is 2.21. The van der Waals surface area contributed by atoms with Gasteiger partial charge in [-0.05, 0) is 56.3 Å². The van der Waals surface area contributed by atoms with Gasteiger partial charge in [-0.3, -0.25) is 14.3 Å². The topological polar surface area (TPSA) is 120 Å². The summed E-state index contributed by atoms with van der Waals surface area (Å²) in [5, 5.41) is 10.2. The number of amides is 2. The lowest BCUT2D eigenvalue weighted by atomic mass is 10.1. The zero-order valence-corrected chi connectivity index (χ0v) is 20.5. The first-order valence-electron chi connectivity index (χ1n) is 12.0. The fourth-order valence-corrected chi connectivity index (χ4v) is 3.91. The Hall–Kier alpha value is -4.73. The molecule has 2 amide bonds. The molecule has 0 atom stereocenters. The van der Waals surface area contributed by atoms with E-state index in [2.05, 4.69) is 25.7 Å². The Morgan fingerprint density at radius 3 is 2.68 bits per heavy atom. The average Bonchev–Trinajstić information content (AvgIpc) is 3.36. The lowest BCUT2D eigenvalue weighted by Gasteiger charge is -2.13. The lowest BCUT2D eigenvalue weighted by molar-refractivity contribution is -0.118. The summed E-state index contributed by atoms with van der Waals surface area (Å²) in [4.78, 5) is 33.5. The standard InChI is InChI=1S/C27H26N6O4/c1-3-36-24-14-18(6-9-23(24)37-16-25(34)30-19-7-4-17(2)5-8-19)26-28-11-10-20(31-26)21-15-22-27(35)29-12-13-33(22)32-21/h4-11,14-15H,3,12-13,16H2,1-2H3,(H,29,35)(H,30,34). The Morgan fingerprint density at radius 1 is 1.05 bits per heavy atom. The number of rotatable bonds is 8. The Bertz CT molecular complexity index is 1450. The highest BCUT2D eigenvalue weighted by molar-refractivity contribution is 5.94. The van der Waals surface area contributed by atoms with Gasteiger partial charge in [-0.15, -0.1) is 0 Å². The van der Waals surface area contributed by atoms with Crippen LogP contribution in [-0.4, -0.2) is 51.3 Å². The summed E-state index contributed by atoms with van der Waals surface area (Å²) in [6.45, 7) is 5.26. The fourth-order valence-electron chi connectivity index (χ4n) is 3.91. The number of nitrogens with one attached hydrogen (secondary N) is 2. The van der Waals surface area contributed by atoms with E-state index >= 15 is 0 Å². The number of ether oxygens (including phenoxy) is 2. The molecule has 4 aromatic rings. The van der Waals surface area contributed by atoms with Gasteiger partial charge in [0.25, 0.3) is 11.8 Å². The Balaban J connectivity index is 1.33. The third kappa shape index (κ3) is 5.43. The largest absolute Gasteiger partial charge is 0.490 e. The Kier molecular flexibility index (Phi) is 6.80. The molecule has 2 N–H and O–H groups in total. The summed E-state index contributed by atoms with van der Waals surface area (Å²) in [7, 11) is 0. The maximum atomic E-state index is 12.4. The second kappa shape index (κ2) is 10.5. The zero-order chi connectivity index (χ0) is 25.8. The number of carbonyl (C=O) groups is 2. The summed E-state index contributed by atoms with van der Waals surface area (Å²) >= 11 is 0. The van der Waals surface area contributed by atoms with Crippen molar-refractivity contribution in [2.45, 2.75) is 20.4 Å². The van der Waals surface area contributed by atoms with E-state index in [0.29, 0.717) is 65.4 Å². The maximum absolute atomic E-state index is 12.4. The van der Waals surface area contributed by atoms with Crippen LogP contribution < -0.4 is 20.1 Å². The Labute approximate surface area is 213 Å². The molecular formula is C27H26N6O4. The summed E-state index contributed by atoms with van der Waals surface area (Å²) < 4.78 is 13.2. The summed E-state index contributed by atoms with van der Waals surface area (Å²) in [6, 6.07) is 16.3. The van der Waals surface area contributed by atoms with Crippen molar-refractivity contribution in [2.24, 2.45) is 0 Å². The number of hydrogen-bond acceptors (Lipinski definition) is 7. The van der Waals surface area contributed by atoms with E-state index in [4.69, 9.17) is 9.47 Å². The maximum Gasteiger partial charge on any atom is 0.269 e. The number of carbonyl (C=O) groups excluding carboxylic acids is 2. The van der Waals surface area contributed by atoms with Crippen LogP contribution in [0.2, 0.25) is 0 Å². The van der Waals surface area contributed by atoms with Crippen molar-refractivity contribution in [1.29, 1.82) is 0 Å². The van der Waals surface area contributed by atoms with Crippen LogP contribution in [0.3, 0.4) is 0 Å². The van der Waals surface area contributed by atoms with Gasteiger partial charge in [0, 0.05) is 24.0 Å². The van der Waals surface area contributed by atoms with Gasteiger partial charge >= 0.3 is 0 Å². The van der Waals surface area contributed by atoms with E-state index in [0.717, 1.165) is 5.56 Å². The van der Waals surface area contributed by atoms with Gasteiger partial charge in [-0.25, -0.2) is 9.97 Å². The molecule has 0 fully saturated rings. The van der Waals surface area contributed by atoms with Gasteiger partial charge in [0.1, 0.15) is 11.4 Å². The molecular weight excluding hydrogens is 472 g/mol. The zero-order valence-electron chi connectivity index (χ0n) is 20.5. The molecule has 188 valence electrons. The number of aryl methyl sites for hydroxylation is 1. The van der Waals surface area contributed by atoms with Gasteiger partial charge in [-0.2, -0.15) is 5.10 Å². The molecule has 0 aliphatic carbocycles. The molecule has 0 spiro atoms. The van der Waals surface area contributed by atoms with Crippen molar-refractivity contribution < 1.29 is 19.1 Å². The minimum absolute atomic E-state index is 0.149. The van der Waals surface area contributed by atoms with Crippen LogP contribution in [0.1, 0.15) is 23.0 Å². The number of fused-ring (bicyclic) bond motifs is 1. The predicted molar refractivity (Wildman–Crippen MR) is 137 cm³/mol. The molecule has 10 heteroatoms. The summed E-state index contributed by atoms with van der Waals surface area (Å²) in [6.07, 6.45) is 1.65. The summed E-state index contributed by atoms with van der Waals surface area (Å²) in [5.41, 5.74) is 4.24. The van der Waals surface area contributed by atoms with Crippen LogP contribution in [0, 0.1) is 6.92 Å². The molecule has 2 aromatic carbocycles. The fraction of sp³-hybridized carbons (Fsp3) is 0.222. The molecule has 0 saturated carbocycles. The van der Waals surface area contributed by atoms with E-state index in [9.17, 15) is 9.59 Å². The van der Waals surface area contributed by atoms with Crippen LogP contribution in [-0.2, 0) is 11.3 Å². The number of nitrogens with zero attached hydrogens (tertiary/aromatic N) is 4. The first-order chi connectivity index (χ1) is 18.0. The van der Waals surface area contributed by atoms with E-state index in [-0.39, 0.29) is 18.4 Å². The van der Waals surface area contributed by atoms with Crippen LogP contribution in [0.15, 0.2) is 60.8 Å². The monoisotopic (exact) mass is 498 g/mol. The molecule has 3 heterocycles. The van der Waals surface area contributed by atoms with Crippen LogP contribution in [0.4, 0.5) is 5.69 Å².